The van der Waals surface area contributed by atoms with Crippen LogP contribution in [0.15, 0.2) is 18.2 Å². The van der Waals surface area contributed by atoms with Crippen molar-refractivity contribution in [3.8, 4) is 0 Å². The third-order valence-electron chi connectivity index (χ3n) is 8.04. The van der Waals surface area contributed by atoms with E-state index in [-0.39, 0.29) is 17.5 Å². The summed E-state index contributed by atoms with van der Waals surface area (Å²) in [4.78, 5) is 19.7. The molecule has 0 spiro atoms. The number of nitrogens with zero attached hydrogens (tertiary/aromatic N) is 3. The molecule has 194 valence electrons. The van der Waals surface area contributed by atoms with E-state index in [0.717, 1.165) is 51.0 Å². The molecule has 1 aliphatic carbocycles. The van der Waals surface area contributed by atoms with Crippen LogP contribution in [0, 0.1) is 11.7 Å². The average molecular weight is 499 g/mol. The fourth-order valence-electron chi connectivity index (χ4n) is 5.93. The Labute approximate surface area is 203 Å². The highest BCUT2D eigenvalue weighted by molar-refractivity contribution is 5.86. The molecular weight excluding hydrogens is 464 g/mol. The summed E-state index contributed by atoms with van der Waals surface area (Å²) in [7, 11) is 0. The zero-order valence-corrected chi connectivity index (χ0v) is 20.1. The van der Waals surface area contributed by atoms with Crippen LogP contribution in [-0.4, -0.2) is 85.8 Å². The maximum absolute atomic E-state index is 13.9. The molecule has 3 heterocycles. The fraction of sp³-hybridized carbons (Fsp3) is 0.720. The predicted octanol–water partition coefficient (Wildman–Crippen LogP) is 3.11. The van der Waals surface area contributed by atoms with Crippen molar-refractivity contribution in [1.82, 2.24) is 15.1 Å². The van der Waals surface area contributed by atoms with Crippen LogP contribution in [0.25, 0.3) is 0 Å². The molecule has 4 fully saturated rings. The summed E-state index contributed by atoms with van der Waals surface area (Å²) in [6.07, 6.45) is -0.990. The second-order valence-electron chi connectivity index (χ2n) is 10.5. The van der Waals surface area contributed by atoms with Gasteiger partial charge in [0.25, 0.3) is 5.91 Å². The predicted molar refractivity (Wildman–Crippen MR) is 124 cm³/mol. The van der Waals surface area contributed by atoms with E-state index in [1.165, 1.54) is 0 Å². The summed E-state index contributed by atoms with van der Waals surface area (Å²) in [5.41, 5.74) is -1.58. The molecule has 5 rings (SSSR count). The van der Waals surface area contributed by atoms with Crippen molar-refractivity contribution < 1.29 is 27.1 Å². The van der Waals surface area contributed by atoms with Crippen molar-refractivity contribution in [2.24, 2.45) is 5.92 Å². The van der Waals surface area contributed by atoms with E-state index in [4.69, 9.17) is 4.74 Å². The van der Waals surface area contributed by atoms with Crippen LogP contribution in [0.2, 0.25) is 0 Å². The van der Waals surface area contributed by atoms with Gasteiger partial charge in [0.1, 0.15) is 11.4 Å². The smallest absolute Gasteiger partial charge is 0.368 e. The molecule has 1 amide bonds. The number of ether oxygens (including phenoxy) is 1. The van der Waals surface area contributed by atoms with Gasteiger partial charge in [-0.05, 0) is 56.7 Å². The molecule has 0 radical (unpaired) electrons. The Kier molecular flexibility index (Phi) is 6.74. The Bertz CT molecular complexity index is 923. The molecule has 10 heteroatoms. The van der Waals surface area contributed by atoms with Gasteiger partial charge in [0, 0.05) is 63.6 Å². The number of hydrogen-bond acceptors (Lipinski definition) is 5. The molecule has 0 aromatic heterocycles. The van der Waals surface area contributed by atoms with Crippen LogP contribution in [0.1, 0.15) is 38.2 Å². The highest BCUT2D eigenvalue weighted by Crippen LogP contribution is 2.48. The first-order valence-electron chi connectivity index (χ1n) is 12.7. The third kappa shape index (κ3) is 5.15. The molecule has 3 atom stereocenters. The molecule has 1 saturated carbocycles. The Hall–Kier alpha value is -1.91. The van der Waals surface area contributed by atoms with Crippen molar-refractivity contribution in [2.75, 3.05) is 57.3 Å². The maximum Gasteiger partial charge on any atom is 0.416 e. The minimum Gasteiger partial charge on any atom is -0.368 e. The molecule has 3 saturated heterocycles. The molecule has 0 bridgehead atoms. The monoisotopic (exact) mass is 498 g/mol. The maximum atomic E-state index is 13.9. The summed E-state index contributed by atoms with van der Waals surface area (Å²) in [5, 5.41) is 3.46. The Balaban J connectivity index is 1.22. The van der Waals surface area contributed by atoms with Crippen LogP contribution in [-0.2, 0) is 15.7 Å². The Morgan fingerprint density at radius 2 is 1.83 bits per heavy atom. The van der Waals surface area contributed by atoms with Gasteiger partial charge in [0.15, 0.2) is 0 Å². The lowest BCUT2D eigenvalue weighted by Gasteiger charge is -2.47. The lowest BCUT2D eigenvalue weighted by molar-refractivity contribution is -0.176. The first kappa shape index (κ1) is 24.8. The molecule has 35 heavy (non-hydrogen) atoms. The van der Waals surface area contributed by atoms with E-state index in [1.54, 1.807) is 9.80 Å². The molecule has 1 aromatic carbocycles. The van der Waals surface area contributed by atoms with Gasteiger partial charge in [-0.15, -0.1) is 0 Å². The number of rotatable bonds is 4. The molecule has 6 nitrogen and oxygen atoms in total. The number of anilines is 1. The first-order chi connectivity index (χ1) is 16.7. The topological polar surface area (TPSA) is 48.1 Å². The van der Waals surface area contributed by atoms with Crippen LogP contribution >= 0.6 is 0 Å². The highest BCUT2D eigenvalue weighted by Gasteiger charge is 2.55. The fourth-order valence-corrected chi connectivity index (χ4v) is 5.93. The Morgan fingerprint density at radius 1 is 1.09 bits per heavy atom. The van der Waals surface area contributed by atoms with Crippen molar-refractivity contribution in [3.63, 3.8) is 0 Å². The van der Waals surface area contributed by atoms with Gasteiger partial charge < -0.3 is 19.9 Å². The van der Waals surface area contributed by atoms with Crippen molar-refractivity contribution in [3.05, 3.63) is 29.6 Å². The van der Waals surface area contributed by atoms with Gasteiger partial charge in [-0.1, -0.05) is 0 Å². The molecule has 1 aromatic rings. The van der Waals surface area contributed by atoms with Gasteiger partial charge in [0.05, 0.1) is 12.2 Å². The lowest BCUT2D eigenvalue weighted by Crippen LogP contribution is -2.62. The van der Waals surface area contributed by atoms with Gasteiger partial charge in [-0.3, -0.25) is 9.69 Å². The first-order valence-corrected chi connectivity index (χ1v) is 12.7. The molecule has 1 unspecified atom stereocenters. The van der Waals surface area contributed by atoms with Gasteiger partial charge >= 0.3 is 6.18 Å². The lowest BCUT2D eigenvalue weighted by atomic mass is 9.85. The molecule has 3 aliphatic heterocycles. The van der Waals surface area contributed by atoms with E-state index in [9.17, 15) is 22.4 Å². The minimum absolute atomic E-state index is 0.0157. The van der Waals surface area contributed by atoms with E-state index in [0.29, 0.717) is 57.4 Å². The largest absolute Gasteiger partial charge is 0.416 e. The van der Waals surface area contributed by atoms with Crippen LogP contribution in [0.4, 0.5) is 23.2 Å². The number of halogens is 4. The van der Waals surface area contributed by atoms with E-state index in [2.05, 4.69) is 17.1 Å². The number of hydrogen-bond donors (Lipinski definition) is 1. The normalized spacial score (nSPS) is 31.0. The van der Waals surface area contributed by atoms with E-state index >= 15 is 0 Å². The number of amides is 1. The van der Waals surface area contributed by atoms with Crippen molar-refractivity contribution in [2.45, 2.75) is 56.5 Å². The second-order valence-corrected chi connectivity index (χ2v) is 10.5. The second kappa shape index (κ2) is 9.52. The summed E-state index contributed by atoms with van der Waals surface area (Å²) >= 11 is 0. The van der Waals surface area contributed by atoms with Crippen molar-refractivity contribution >= 4 is 11.6 Å². The number of alkyl halides is 3. The van der Waals surface area contributed by atoms with Gasteiger partial charge in [0.2, 0.25) is 0 Å². The summed E-state index contributed by atoms with van der Waals surface area (Å²) in [6, 6.07) is 3.39. The number of benzene rings is 1. The van der Waals surface area contributed by atoms with Crippen LogP contribution < -0.4 is 10.2 Å². The third-order valence-corrected chi connectivity index (χ3v) is 8.04. The Morgan fingerprint density at radius 3 is 2.43 bits per heavy atom. The molecule has 1 N–H and O–H groups in total. The standard InChI is InChI=1S/C25H34F4N4O2/c1-17-15-33(7-6-30-17)21-4-5-24(35-16-21,18-2-3-18)23(34)32-10-8-31(9-11-32)22-13-19(25(27,28)29)12-20(26)14-22/h12-14,17-18,21,30H,2-11,15-16H2,1H3/t17?,21-,24+/m1/s1. The van der Waals surface area contributed by atoms with Crippen LogP contribution in [0.5, 0.6) is 0 Å². The quantitative estimate of drug-likeness (QED) is 0.647. The molecular formula is C25H34F4N4O2. The summed E-state index contributed by atoms with van der Waals surface area (Å²) in [5.74, 6) is -0.652. The van der Waals surface area contributed by atoms with E-state index in [1.807, 2.05) is 0 Å². The zero-order chi connectivity index (χ0) is 24.8. The number of carbonyl (C=O) groups excluding carboxylic acids is 1. The van der Waals surface area contributed by atoms with Gasteiger partial charge in [-0.2, -0.15) is 13.2 Å². The molecule has 4 aliphatic rings. The summed E-state index contributed by atoms with van der Waals surface area (Å²) < 4.78 is 59.7. The minimum atomic E-state index is -4.61. The number of nitrogens with one attached hydrogen (secondary N) is 1. The number of carbonyl (C=O) groups is 1. The average Bonchev–Trinajstić information content (AvgIpc) is 3.69. The summed E-state index contributed by atoms with van der Waals surface area (Å²) in [6.45, 7) is 7.14. The van der Waals surface area contributed by atoms with Crippen molar-refractivity contribution in [1.29, 1.82) is 0 Å². The van der Waals surface area contributed by atoms with Crippen LogP contribution in [0.3, 0.4) is 0 Å². The van der Waals surface area contributed by atoms with Gasteiger partial charge in [-0.25, -0.2) is 4.39 Å². The zero-order valence-electron chi connectivity index (χ0n) is 20.1. The van der Waals surface area contributed by atoms with E-state index < -0.39 is 23.2 Å². The SMILES string of the molecule is CC1CN([C@@H]2CC[C@@](C(=O)N3CCN(c4cc(F)cc(C(F)(F)F)c4)CC3)(C3CC3)OC2)CCN1. The number of piperazine rings is 2. The highest BCUT2D eigenvalue weighted by atomic mass is 19.4.